The standard InChI is InChI=1S/C10H17BrNO2P/c1-4-14-15(12,13)10(11)6-8(2)5-9(3)7-10/h5-6H,4,7H2,1-3H3,(H2,12,13). The Hall–Kier alpha value is 0.110. The van der Waals surface area contributed by atoms with Gasteiger partial charge in [0.25, 0.3) is 7.52 Å². The summed E-state index contributed by atoms with van der Waals surface area (Å²) in [6.45, 7) is 6.11. The molecule has 86 valence electrons. The van der Waals surface area contributed by atoms with Gasteiger partial charge < -0.3 is 4.52 Å². The maximum Gasteiger partial charge on any atom is 0.287 e. The second kappa shape index (κ2) is 4.54. The molecule has 5 heteroatoms. The third-order valence-electron chi connectivity index (χ3n) is 2.29. The highest BCUT2D eigenvalue weighted by Gasteiger charge is 2.44. The van der Waals surface area contributed by atoms with Crippen LogP contribution in [0.15, 0.2) is 23.3 Å². The minimum atomic E-state index is -3.16. The first-order valence-electron chi connectivity index (χ1n) is 4.89. The monoisotopic (exact) mass is 293 g/mol. The Labute approximate surface area is 99.4 Å². The summed E-state index contributed by atoms with van der Waals surface area (Å²) in [5.41, 5.74) is 7.98. The van der Waals surface area contributed by atoms with Crippen molar-refractivity contribution in [2.75, 3.05) is 6.61 Å². The molecule has 0 saturated carbocycles. The lowest BCUT2D eigenvalue weighted by Crippen LogP contribution is -2.27. The van der Waals surface area contributed by atoms with Crippen LogP contribution in [0.4, 0.5) is 0 Å². The number of rotatable bonds is 3. The van der Waals surface area contributed by atoms with E-state index in [0.29, 0.717) is 13.0 Å². The van der Waals surface area contributed by atoms with Gasteiger partial charge in [-0.1, -0.05) is 39.2 Å². The topological polar surface area (TPSA) is 52.3 Å². The SMILES string of the molecule is CCOP(N)(=O)C1(Br)C=C(C)C=C(C)C1. The molecule has 1 rings (SSSR count). The lowest BCUT2D eigenvalue weighted by molar-refractivity contribution is 0.326. The van der Waals surface area contributed by atoms with E-state index in [1.54, 1.807) is 6.92 Å². The Bertz CT molecular complexity index is 364. The highest BCUT2D eigenvalue weighted by atomic mass is 79.9. The molecule has 0 bridgehead atoms. The van der Waals surface area contributed by atoms with Gasteiger partial charge in [0.15, 0.2) is 0 Å². The van der Waals surface area contributed by atoms with Crippen LogP contribution in [0.25, 0.3) is 0 Å². The smallest absolute Gasteiger partial charge is 0.287 e. The van der Waals surface area contributed by atoms with Gasteiger partial charge in [0.2, 0.25) is 0 Å². The lowest BCUT2D eigenvalue weighted by atomic mass is 10.0. The van der Waals surface area contributed by atoms with Gasteiger partial charge in [-0.15, -0.1) is 0 Å². The number of alkyl halides is 1. The third kappa shape index (κ3) is 2.82. The second-order valence-electron chi connectivity index (χ2n) is 3.89. The number of hydrogen-bond acceptors (Lipinski definition) is 2. The molecule has 15 heavy (non-hydrogen) atoms. The van der Waals surface area contributed by atoms with Crippen LogP contribution in [0.1, 0.15) is 27.2 Å². The Balaban J connectivity index is 3.04. The quantitative estimate of drug-likeness (QED) is 0.639. The van der Waals surface area contributed by atoms with E-state index in [1.165, 1.54) is 0 Å². The highest BCUT2D eigenvalue weighted by Crippen LogP contribution is 2.61. The van der Waals surface area contributed by atoms with Crippen molar-refractivity contribution >= 4 is 23.4 Å². The van der Waals surface area contributed by atoms with Crippen LogP contribution in [-0.4, -0.2) is 10.7 Å². The summed E-state index contributed by atoms with van der Waals surface area (Å²) in [7, 11) is -3.16. The molecule has 2 N–H and O–H groups in total. The van der Waals surface area contributed by atoms with Gasteiger partial charge >= 0.3 is 0 Å². The zero-order chi connectivity index (χ0) is 11.7. The fourth-order valence-electron chi connectivity index (χ4n) is 1.77. The van der Waals surface area contributed by atoms with Crippen molar-refractivity contribution in [3.05, 3.63) is 23.3 Å². The first-order valence-corrected chi connectivity index (χ1v) is 7.38. The molecule has 0 radical (unpaired) electrons. The maximum atomic E-state index is 12.2. The molecular weight excluding hydrogens is 277 g/mol. The van der Waals surface area contributed by atoms with Gasteiger partial charge in [-0.25, -0.2) is 0 Å². The van der Waals surface area contributed by atoms with Gasteiger partial charge in [0, 0.05) is 0 Å². The van der Waals surface area contributed by atoms with Crippen molar-refractivity contribution in [3.63, 3.8) is 0 Å². The summed E-state index contributed by atoms with van der Waals surface area (Å²) in [5.74, 6) is 0. The van der Waals surface area contributed by atoms with Crippen molar-refractivity contribution in [1.29, 1.82) is 0 Å². The predicted molar refractivity (Wildman–Crippen MR) is 67.2 cm³/mol. The van der Waals surface area contributed by atoms with E-state index >= 15 is 0 Å². The number of halogens is 1. The Kier molecular flexibility index (Phi) is 3.99. The normalized spacial score (nSPS) is 30.5. The summed E-state index contributed by atoms with van der Waals surface area (Å²) < 4.78 is 16.7. The molecule has 0 aromatic carbocycles. The number of nitrogens with two attached hydrogens (primary N) is 1. The number of allylic oxidation sites excluding steroid dienone is 4. The molecule has 1 aliphatic carbocycles. The fraction of sp³-hybridized carbons (Fsp3) is 0.600. The summed E-state index contributed by atoms with van der Waals surface area (Å²) >= 11 is 3.47. The molecule has 3 nitrogen and oxygen atoms in total. The van der Waals surface area contributed by atoms with E-state index in [0.717, 1.165) is 11.1 Å². The molecule has 0 spiro atoms. The van der Waals surface area contributed by atoms with Crippen molar-refractivity contribution < 1.29 is 9.09 Å². The number of hydrogen-bond donors (Lipinski definition) is 1. The first kappa shape index (κ1) is 13.2. The van der Waals surface area contributed by atoms with Crippen molar-refractivity contribution in [2.45, 2.75) is 31.3 Å². The molecular formula is C10H17BrNO2P. The fourth-order valence-corrected chi connectivity index (χ4v) is 4.33. The average molecular weight is 294 g/mol. The maximum absolute atomic E-state index is 12.2. The molecule has 0 aromatic rings. The van der Waals surface area contributed by atoms with E-state index in [-0.39, 0.29) is 0 Å². The average Bonchev–Trinajstić information content (AvgIpc) is 2.00. The molecule has 2 atom stereocenters. The van der Waals surface area contributed by atoms with E-state index in [2.05, 4.69) is 22.0 Å². The van der Waals surface area contributed by atoms with E-state index in [1.807, 2.05) is 19.9 Å². The van der Waals surface area contributed by atoms with E-state index in [4.69, 9.17) is 10.0 Å². The van der Waals surface area contributed by atoms with Crippen LogP contribution in [0.3, 0.4) is 0 Å². The van der Waals surface area contributed by atoms with Crippen LogP contribution >= 0.6 is 23.4 Å². The summed E-state index contributed by atoms with van der Waals surface area (Å²) in [6.07, 6.45) is 4.57. The van der Waals surface area contributed by atoms with Crippen molar-refractivity contribution in [1.82, 2.24) is 0 Å². The van der Waals surface area contributed by atoms with Gasteiger partial charge in [-0.3, -0.25) is 10.1 Å². The van der Waals surface area contributed by atoms with E-state index in [9.17, 15) is 4.57 Å². The van der Waals surface area contributed by atoms with Crippen LogP contribution in [0.5, 0.6) is 0 Å². The summed E-state index contributed by atoms with van der Waals surface area (Å²) in [5, 5.41) is 0. The Morgan fingerprint density at radius 3 is 2.73 bits per heavy atom. The first-order chi connectivity index (χ1) is 6.81. The van der Waals surface area contributed by atoms with Gasteiger partial charge in [0.05, 0.1) is 6.61 Å². The van der Waals surface area contributed by atoms with Gasteiger partial charge in [0.1, 0.15) is 4.07 Å². The zero-order valence-electron chi connectivity index (χ0n) is 9.29. The molecule has 1 aliphatic rings. The van der Waals surface area contributed by atoms with Crippen LogP contribution in [0, 0.1) is 0 Å². The Morgan fingerprint density at radius 2 is 2.27 bits per heavy atom. The minimum Gasteiger partial charge on any atom is -0.317 e. The van der Waals surface area contributed by atoms with Crippen molar-refractivity contribution in [2.24, 2.45) is 5.50 Å². The highest BCUT2D eigenvalue weighted by molar-refractivity contribution is 9.11. The van der Waals surface area contributed by atoms with Gasteiger partial charge in [-0.2, -0.15) is 0 Å². The molecule has 2 unspecified atom stereocenters. The molecule has 0 aromatic heterocycles. The largest absolute Gasteiger partial charge is 0.317 e. The molecule has 0 fully saturated rings. The summed E-state index contributed by atoms with van der Waals surface area (Å²) in [4.78, 5) is 0. The molecule has 0 heterocycles. The zero-order valence-corrected chi connectivity index (χ0v) is 11.8. The van der Waals surface area contributed by atoms with Crippen molar-refractivity contribution in [3.8, 4) is 0 Å². The summed E-state index contributed by atoms with van der Waals surface area (Å²) in [6, 6.07) is 0. The van der Waals surface area contributed by atoms with Crippen LogP contribution in [-0.2, 0) is 9.09 Å². The Morgan fingerprint density at radius 1 is 1.67 bits per heavy atom. The second-order valence-corrected chi connectivity index (χ2v) is 8.17. The molecule has 0 aliphatic heterocycles. The van der Waals surface area contributed by atoms with E-state index < -0.39 is 11.6 Å². The predicted octanol–water partition coefficient (Wildman–Crippen LogP) is 3.56. The lowest BCUT2D eigenvalue weighted by Gasteiger charge is -2.32. The minimum absolute atomic E-state index is 0.358. The van der Waals surface area contributed by atoms with Crippen LogP contribution in [0.2, 0.25) is 0 Å². The molecule has 0 amide bonds. The third-order valence-corrected chi connectivity index (χ3v) is 6.25. The van der Waals surface area contributed by atoms with Crippen LogP contribution < -0.4 is 5.50 Å². The molecule has 0 saturated heterocycles. The van der Waals surface area contributed by atoms with Gasteiger partial charge in [-0.05, 0) is 27.2 Å².